The Hall–Kier alpha value is -1.74. The zero-order valence-electron chi connectivity index (χ0n) is 10.7. The van der Waals surface area contributed by atoms with Gasteiger partial charge in [-0.2, -0.15) is 21.6 Å². The van der Waals surface area contributed by atoms with Crippen LogP contribution in [-0.2, 0) is 10.0 Å². The van der Waals surface area contributed by atoms with Crippen molar-refractivity contribution in [3.63, 3.8) is 0 Å². The molecule has 0 fully saturated rings. The lowest BCUT2D eigenvalue weighted by atomic mass is 10.0. The minimum atomic E-state index is -5.55. The van der Waals surface area contributed by atoms with Crippen LogP contribution in [0.1, 0.15) is 0 Å². The summed E-state index contributed by atoms with van der Waals surface area (Å²) in [6, 6.07) is 10.0. The van der Waals surface area contributed by atoms with E-state index in [9.17, 15) is 26.7 Å². The van der Waals surface area contributed by atoms with Gasteiger partial charge in [-0.1, -0.05) is 30.3 Å². The van der Waals surface area contributed by atoms with E-state index in [0.29, 0.717) is 4.47 Å². The second kappa shape index (κ2) is 5.81. The maximum absolute atomic E-state index is 12.5. The molecule has 0 amide bonds. The van der Waals surface area contributed by atoms with Crippen LogP contribution >= 0.6 is 15.9 Å². The van der Waals surface area contributed by atoms with Crippen molar-refractivity contribution in [2.24, 2.45) is 0 Å². The molecule has 118 valence electrons. The largest absolute Gasteiger partial charge is 0.516 e. The Morgan fingerprint density at radius 2 is 1.59 bits per heavy atom. The third kappa shape index (κ3) is 3.20. The van der Waals surface area contributed by atoms with Gasteiger partial charge >= 0.3 is 15.5 Å². The molecule has 0 atom stereocenters. The van der Waals surface area contributed by atoms with E-state index < -0.39 is 15.5 Å². The Labute approximate surface area is 132 Å². The lowest BCUT2D eigenvalue weighted by Crippen LogP contribution is -2.30. The minimum Gasteiger partial charge on any atom is -0.506 e. The molecule has 2 N–H and O–H groups in total. The van der Waals surface area contributed by atoms with Crippen LogP contribution in [0.5, 0.6) is 5.75 Å². The molecule has 0 spiro atoms. The number of alkyl halides is 3. The molecule has 0 saturated carbocycles. The average Bonchev–Trinajstić information content (AvgIpc) is 2.41. The van der Waals surface area contributed by atoms with Crippen molar-refractivity contribution >= 4 is 31.6 Å². The first-order valence-electron chi connectivity index (χ1n) is 5.79. The van der Waals surface area contributed by atoms with Crippen molar-refractivity contribution in [1.82, 2.24) is 0 Å². The number of phenols is 1. The van der Waals surface area contributed by atoms with E-state index in [4.69, 9.17) is 0 Å². The van der Waals surface area contributed by atoms with Crippen LogP contribution < -0.4 is 4.72 Å². The summed E-state index contributed by atoms with van der Waals surface area (Å²) in [4.78, 5) is 0. The van der Waals surface area contributed by atoms with E-state index in [2.05, 4.69) is 15.9 Å². The molecule has 0 radical (unpaired) electrons. The summed E-state index contributed by atoms with van der Waals surface area (Å²) in [7, 11) is -5.55. The highest BCUT2D eigenvalue weighted by molar-refractivity contribution is 9.10. The fourth-order valence-corrected chi connectivity index (χ4v) is 2.69. The predicted octanol–water partition coefficient (Wildman–Crippen LogP) is 4.08. The van der Waals surface area contributed by atoms with Gasteiger partial charge in [0, 0.05) is 11.1 Å². The molecule has 2 rings (SSSR count). The molecule has 0 saturated heterocycles. The number of halogens is 4. The molecule has 4 nitrogen and oxygen atoms in total. The van der Waals surface area contributed by atoms with Crippen molar-refractivity contribution < 1.29 is 26.7 Å². The fraction of sp³-hybridized carbons (Fsp3) is 0.0769. The van der Waals surface area contributed by atoms with Gasteiger partial charge in [-0.15, -0.1) is 0 Å². The van der Waals surface area contributed by atoms with E-state index in [1.54, 1.807) is 12.1 Å². The molecule has 0 heterocycles. The van der Waals surface area contributed by atoms with Gasteiger partial charge in [0.15, 0.2) is 0 Å². The highest BCUT2D eigenvalue weighted by Crippen LogP contribution is 2.39. The van der Waals surface area contributed by atoms with Gasteiger partial charge in [0.1, 0.15) is 5.75 Å². The van der Waals surface area contributed by atoms with Crippen LogP contribution in [-0.4, -0.2) is 19.0 Å². The Morgan fingerprint density at radius 3 is 2.23 bits per heavy atom. The Kier molecular flexibility index (Phi) is 4.39. The van der Waals surface area contributed by atoms with Gasteiger partial charge in [-0.25, -0.2) is 0 Å². The van der Waals surface area contributed by atoms with Crippen LogP contribution in [0.25, 0.3) is 11.1 Å². The van der Waals surface area contributed by atoms with Gasteiger partial charge in [-0.05, 0) is 28.1 Å². The molecule has 0 aliphatic rings. The first-order chi connectivity index (χ1) is 10.1. The summed E-state index contributed by atoms with van der Waals surface area (Å²) in [6.45, 7) is 0. The Balaban J connectivity index is 2.56. The quantitative estimate of drug-likeness (QED) is 0.822. The fourth-order valence-electron chi connectivity index (χ4n) is 1.74. The van der Waals surface area contributed by atoms with E-state index >= 15 is 0 Å². The number of benzene rings is 2. The third-order valence-corrected chi connectivity index (χ3v) is 4.49. The third-order valence-electron chi connectivity index (χ3n) is 2.75. The highest BCUT2D eigenvalue weighted by atomic mass is 79.9. The maximum Gasteiger partial charge on any atom is 0.516 e. The van der Waals surface area contributed by atoms with E-state index in [-0.39, 0.29) is 22.6 Å². The molecule has 22 heavy (non-hydrogen) atoms. The first kappa shape index (κ1) is 16.6. The molecule has 0 aromatic heterocycles. The summed E-state index contributed by atoms with van der Waals surface area (Å²) in [5, 5.41) is 9.99. The molecular weight excluding hydrogens is 387 g/mol. The lowest BCUT2D eigenvalue weighted by molar-refractivity contribution is -0.0429. The van der Waals surface area contributed by atoms with Crippen molar-refractivity contribution in [3.8, 4) is 16.9 Å². The van der Waals surface area contributed by atoms with E-state index in [1.807, 2.05) is 0 Å². The second-order valence-electron chi connectivity index (χ2n) is 4.23. The van der Waals surface area contributed by atoms with Gasteiger partial charge in [0.25, 0.3) is 0 Å². The van der Waals surface area contributed by atoms with Crippen molar-refractivity contribution in [2.45, 2.75) is 5.51 Å². The maximum atomic E-state index is 12.5. The number of nitrogens with one attached hydrogen (secondary N) is 1. The Bertz CT molecular complexity index is 806. The zero-order chi connectivity index (χ0) is 16.5. The molecule has 0 unspecified atom stereocenters. The molecule has 2 aromatic carbocycles. The first-order valence-corrected chi connectivity index (χ1v) is 8.07. The predicted molar refractivity (Wildman–Crippen MR) is 79.8 cm³/mol. The minimum absolute atomic E-state index is 0.120. The Morgan fingerprint density at radius 1 is 1.00 bits per heavy atom. The molecule has 2 aromatic rings. The monoisotopic (exact) mass is 395 g/mol. The summed E-state index contributed by atoms with van der Waals surface area (Å²) >= 11 is 3.09. The molecule has 0 aliphatic heterocycles. The number of hydrogen-bond donors (Lipinski definition) is 2. The SMILES string of the molecule is O=S(=O)(Nc1ccccc1-c1cccc(Br)c1O)C(F)(F)F. The van der Waals surface area contributed by atoms with Gasteiger partial charge < -0.3 is 5.11 Å². The number of sulfonamides is 1. The summed E-state index contributed by atoms with van der Waals surface area (Å²) in [6.07, 6.45) is 0. The summed E-state index contributed by atoms with van der Waals surface area (Å²) in [5.74, 6) is -0.207. The van der Waals surface area contributed by atoms with Crippen LogP contribution in [0.3, 0.4) is 0 Å². The number of para-hydroxylation sites is 2. The molecule has 0 aliphatic carbocycles. The van der Waals surface area contributed by atoms with Crippen molar-refractivity contribution in [2.75, 3.05) is 4.72 Å². The molecule has 0 bridgehead atoms. The van der Waals surface area contributed by atoms with Crippen LogP contribution in [0, 0.1) is 0 Å². The topological polar surface area (TPSA) is 66.4 Å². The number of aromatic hydroxyl groups is 1. The van der Waals surface area contributed by atoms with E-state index in [1.165, 1.54) is 35.1 Å². The lowest BCUT2D eigenvalue weighted by Gasteiger charge is -2.15. The zero-order valence-corrected chi connectivity index (χ0v) is 13.1. The van der Waals surface area contributed by atoms with E-state index in [0.717, 1.165) is 0 Å². The summed E-state index contributed by atoms with van der Waals surface area (Å²) < 4.78 is 61.8. The van der Waals surface area contributed by atoms with Gasteiger partial charge in [-0.3, -0.25) is 4.72 Å². The standard InChI is InChI=1S/C13H9BrF3NO3S/c14-10-6-3-5-9(12(10)19)8-4-1-2-7-11(8)18-22(20,21)13(15,16)17/h1-7,18-19H. The highest BCUT2D eigenvalue weighted by Gasteiger charge is 2.46. The van der Waals surface area contributed by atoms with Gasteiger partial charge in [0.2, 0.25) is 0 Å². The number of anilines is 1. The van der Waals surface area contributed by atoms with Crippen molar-refractivity contribution in [1.29, 1.82) is 0 Å². The smallest absolute Gasteiger partial charge is 0.506 e. The van der Waals surface area contributed by atoms with Gasteiger partial charge in [0.05, 0.1) is 10.2 Å². The number of phenolic OH excluding ortho intramolecular Hbond substituents is 1. The normalized spacial score (nSPS) is 12.2. The number of hydrogen-bond acceptors (Lipinski definition) is 3. The number of rotatable bonds is 3. The summed E-state index contributed by atoms with van der Waals surface area (Å²) in [5.41, 5.74) is -5.41. The average molecular weight is 396 g/mol. The van der Waals surface area contributed by atoms with Crippen molar-refractivity contribution in [3.05, 3.63) is 46.9 Å². The molecule has 9 heteroatoms. The second-order valence-corrected chi connectivity index (χ2v) is 6.76. The molecular formula is C13H9BrF3NO3S. The van der Waals surface area contributed by atoms with Crippen LogP contribution in [0.15, 0.2) is 46.9 Å². The van der Waals surface area contributed by atoms with Crippen LogP contribution in [0.2, 0.25) is 0 Å². The van der Waals surface area contributed by atoms with Crippen LogP contribution in [0.4, 0.5) is 18.9 Å².